The number of aliphatic hydroxyl groups is 1. The van der Waals surface area contributed by atoms with Crippen molar-refractivity contribution in [3.8, 4) is 5.69 Å². The second kappa shape index (κ2) is 9.89. The fourth-order valence-corrected chi connectivity index (χ4v) is 6.49. The lowest BCUT2D eigenvalue weighted by Crippen LogP contribution is -2.59. The molecule has 9 heteroatoms. The number of amides is 1. The van der Waals surface area contributed by atoms with Gasteiger partial charge >= 0.3 is 0 Å². The first-order valence-electron chi connectivity index (χ1n) is 12.9. The summed E-state index contributed by atoms with van der Waals surface area (Å²) in [7, 11) is 0. The number of rotatable bonds is 5. The summed E-state index contributed by atoms with van der Waals surface area (Å²) in [4.78, 5) is 33.2. The molecule has 37 heavy (non-hydrogen) atoms. The number of hydrogen-bond acceptors (Lipinski definition) is 6. The smallest absolute Gasteiger partial charge is 0.262 e. The maximum absolute atomic E-state index is 13.6. The number of fused-ring (bicyclic) bond motifs is 1. The molecule has 192 valence electrons. The molecule has 2 N–H and O–H groups in total. The van der Waals surface area contributed by atoms with E-state index in [0.29, 0.717) is 50.2 Å². The number of nitrogens with zero attached hydrogens (tertiary/aromatic N) is 4. The average Bonchev–Trinajstić information content (AvgIpc) is 3.61. The number of nitrogens with one attached hydrogen (secondary N) is 1. The van der Waals surface area contributed by atoms with E-state index in [9.17, 15) is 14.7 Å². The topological polar surface area (TPSA) is 92.4 Å². The van der Waals surface area contributed by atoms with Gasteiger partial charge in [0.25, 0.3) is 11.5 Å². The molecular formula is C28H31N5O3S. The second-order valence-electron chi connectivity index (χ2n) is 10.2. The van der Waals surface area contributed by atoms with Gasteiger partial charge in [-0.1, -0.05) is 30.3 Å². The third-order valence-electron chi connectivity index (χ3n) is 7.99. The van der Waals surface area contributed by atoms with E-state index in [1.54, 1.807) is 22.2 Å². The zero-order valence-corrected chi connectivity index (χ0v) is 21.4. The van der Waals surface area contributed by atoms with Crippen LogP contribution in [0.4, 0.5) is 0 Å². The molecular weight excluding hydrogens is 486 g/mol. The Balaban J connectivity index is 1.13. The minimum Gasteiger partial charge on any atom is -0.379 e. The molecule has 5 heterocycles. The lowest BCUT2D eigenvalue weighted by atomic mass is 9.76. The van der Waals surface area contributed by atoms with Crippen LogP contribution in [0, 0.1) is 5.92 Å². The lowest BCUT2D eigenvalue weighted by Gasteiger charge is -2.43. The summed E-state index contributed by atoms with van der Waals surface area (Å²) in [5, 5.41) is 19.6. The van der Waals surface area contributed by atoms with Crippen molar-refractivity contribution in [1.29, 1.82) is 0 Å². The number of carbonyl (C=O) groups excluding carboxylic acids is 1. The highest BCUT2D eigenvalue weighted by molar-refractivity contribution is 7.08. The van der Waals surface area contributed by atoms with Crippen molar-refractivity contribution in [2.24, 2.45) is 5.92 Å². The number of hydrogen-bond donors (Lipinski definition) is 2. The van der Waals surface area contributed by atoms with Crippen molar-refractivity contribution >= 4 is 28.3 Å². The molecule has 2 aliphatic heterocycles. The van der Waals surface area contributed by atoms with Gasteiger partial charge in [-0.2, -0.15) is 11.3 Å². The molecule has 3 aromatic heterocycles. The SMILES string of the molecule is O=C(N1CCC(Cn2cnc3c(ccn3-c3ccsc3)c2=O)CC1)[C@@]1(O)CCNC[C@H]1c1ccccc1. The van der Waals surface area contributed by atoms with Crippen LogP contribution in [0.1, 0.15) is 30.7 Å². The van der Waals surface area contributed by atoms with E-state index >= 15 is 0 Å². The third kappa shape index (κ3) is 4.41. The van der Waals surface area contributed by atoms with Crippen LogP contribution in [-0.2, 0) is 11.3 Å². The molecule has 2 aliphatic rings. The Morgan fingerprint density at radius 1 is 1.16 bits per heavy atom. The van der Waals surface area contributed by atoms with Crippen LogP contribution in [0.15, 0.2) is 70.5 Å². The Morgan fingerprint density at radius 3 is 2.73 bits per heavy atom. The van der Waals surface area contributed by atoms with Gasteiger partial charge in [0.15, 0.2) is 11.2 Å². The molecule has 0 aliphatic carbocycles. The summed E-state index contributed by atoms with van der Waals surface area (Å²) in [6.45, 7) is 2.94. The molecule has 8 nitrogen and oxygen atoms in total. The summed E-state index contributed by atoms with van der Waals surface area (Å²) < 4.78 is 3.64. The first-order valence-corrected chi connectivity index (χ1v) is 13.9. The molecule has 0 bridgehead atoms. The highest BCUT2D eigenvalue weighted by atomic mass is 32.1. The molecule has 1 aromatic carbocycles. The summed E-state index contributed by atoms with van der Waals surface area (Å²) in [5.41, 5.74) is 1.22. The summed E-state index contributed by atoms with van der Waals surface area (Å²) >= 11 is 1.61. The van der Waals surface area contributed by atoms with Crippen molar-refractivity contribution in [1.82, 2.24) is 24.3 Å². The van der Waals surface area contributed by atoms with Gasteiger partial charge in [0.2, 0.25) is 0 Å². The Bertz CT molecular complexity index is 1440. The van der Waals surface area contributed by atoms with Crippen molar-refractivity contribution in [2.45, 2.75) is 37.3 Å². The summed E-state index contributed by atoms with van der Waals surface area (Å²) in [5.74, 6) is -0.172. The average molecular weight is 518 g/mol. The predicted molar refractivity (Wildman–Crippen MR) is 144 cm³/mol. The van der Waals surface area contributed by atoms with E-state index in [-0.39, 0.29) is 23.3 Å². The number of thiophene rings is 1. The van der Waals surface area contributed by atoms with Gasteiger partial charge in [0, 0.05) is 43.7 Å². The van der Waals surface area contributed by atoms with Crippen LogP contribution < -0.4 is 10.9 Å². The minimum atomic E-state index is -1.40. The highest BCUT2D eigenvalue weighted by Crippen LogP contribution is 2.36. The van der Waals surface area contributed by atoms with E-state index in [1.807, 2.05) is 68.9 Å². The van der Waals surface area contributed by atoms with Crippen LogP contribution in [-0.4, -0.2) is 61.8 Å². The quantitative estimate of drug-likeness (QED) is 0.425. The van der Waals surface area contributed by atoms with Crippen molar-refractivity contribution in [3.05, 3.63) is 81.7 Å². The van der Waals surface area contributed by atoms with E-state index in [0.717, 1.165) is 24.1 Å². The normalized spacial score (nSPS) is 22.9. The number of piperidine rings is 2. The Labute approximate surface area is 219 Å². The molecule has 2 saturated heterocycles. The first kappa shape index (κ1) is 24.1. The van der Waals surface area contributed by atoms with Gasteiger partial charge in [0.1, 0.15) is 0 Å². The maximum atomic E-state index is 13.6. The molecule has 0 saturated carbocycles. The van der Waals surface area contributed by atoms with E-state index in [2.05, 4.69) is 10.3 Å². The fourth-order valence-electron chi connectivity index (χ4n) is 5.86. The molecule has 0 radical (unpaired) electrons. The monoisotopic (exact) mass is 517 g/mol. The highest BCUT2D eigenvalue weighted by Gasteiger charge is 2.48. The van der Waals surface area contributed by atoms with Crippen LogP contribution in [0.5, 0.6) is 0 Å². The van der Waals surface area contributed by atoms with E-state index in [4.69, 9.17) is 0 Å². The molecule has 6 rings (SSSR count). The summed E-state index contributed by atoms with van der Waals surface area (Å²) in [6, 6.07) is 13.7. The molecule has 2 fully saturated rings. The summed E-state index contributed by atoms with van der Waals surface area (Å²) in [6.07, 6.45) is 5.52. The molecule has 1 amide bonds. The zero-order valence-electron chi connectivity index (χ0n) is 20.6. The van der Waals surface area contributed by atoms with Gasteiger partial charge in [-0.05, 0) is 54.8 Å². The molecule has 0 unspecified atom stereocenters. The third-order valence-corrected chi connectivity index (χ3v) is 8.66. The van der Waals surface area contributed by atoms with Crippen LogP contribution in [0.2, 0.25) is 0 Å². The molecule has 2 atom stereocenters. The lowest BCUT2D eigenvalue weighted by molar-refractivity contribution is -0.158. The van der Waals surface area contributed by atoms with Gasteiger partial charge in [-0.25, -0.2) is 4.98 Å². The van der Waals surface area contributed by atoms with Crippen molar-refractivity contribution < 1.29 is 9.90 Å². The first-order chi connectivity index (χ1) is 18.0. The van der Waals surface area contributed by atoms with Gasteiger partial charge < -0.3 is 19.9 Å². The van der Waals surface area contributed by atoms with Gasteiger partial charge in [-0.15, -0.1) is 0 Å². The molecule has 4 aromatic rings. The zero-order chi connectivity index (χ0) is 25.4. The van der Waals surface area contributed by atoms with Crippen molar-refractivity contribution in [2.75, 3.05) is 26.2 Å². The number of benzene rings is 1. The van der Waals surface area contributed by atoms with Gasteiger partial charge in [0.05, 0.1) is 17.4 Å². The Morgan fingerprint density at radius 2 is 1.97 bits per heavy atom. The number of aromatic nitrogens is 3. The second-order valence-corrected chi connectivity index (χ2v) is 11.0. The van der Waals surface area contributed by atoms with Crippen molar-refractivity contribution in [3.63, 3.8) is 0 Å². The predicted octanol–water partition coefficient (Wildman–Crippen LogP) is 3.00. The van der Waals surface area contributed by atoms with E-state index < -0.39 is 5.60 Å². The van der Waals surface area contributed by atoms with E-state index in [1.165, 1.54) is 0 Å². The number of likely N-dealkylation sites (tertiary alicyclic amines) is 1. The Kier molecular flexibility index (Phi) is 6.44. The van der Waals surface area contributed by atoms with Gasteiger partial charge in [-0.3, -0.25) is 14.2 Å². The maximum Gasteiger partial charge on any atom is 0.262 e. The Hall–Kier alpha value is -3.27. The van der Waals surface area contributed by atoms with Crippen LogP contribution >= 0.6 is 11.3 Å². The standard InChI is InChI=1S/C28H31N5O3S/c34-26-23-8-14-33(22-9-15-37-18-22)25(23)30-19-32(26)17-20-6-12-31(13-7-20)27(35)28(36)10-11-29-16-24(28)21-4-2-1-3-5-21/h1-5,8-9,14-15,18-20,24,29,36H,6-7,10-13,16-17H2/t24-,28+/m0/s1. The minimum absolute atomic E-state index is 0.0350. The largest absolute Gasteiger partial charge is 0.379 e. The van der Waals surface area contributed by atoms with Crippen LogP contribution in [0.25, 0.3) is 16.7 Å². The van der Waals surface area contributed by atoms with Crippen LogP contribution in [0.3, 0.4) is 0 Å². The molecule has 0 spiro atoms. The fraction of sp³-hybridized carbons (Fsp3) is 0.393. The number of carbonyl (C=O) groups is 1.